The molecule has 1 unspecified atom stereocenters. The predicted octanol–water partition coefficient (Wildman–Crippen LogP) is 2.26. The summed E-state index contributed by atoms with van der Waals surface area (Å²) in [5.74, 6) is 2.14. The standard InChI is InChI=1S/C15H19N5O2/c1-10-4-3-5-20(8-10)14-7-12(16-9-17-14)15(21)18-13-6-11(2)22-19-13/h6-7,9-10H,3-5,8H2,1-2H3,(H,18,19,21). The average molecular weight is 301 g/mol. The van der Waals surface area contributed by atoms with Gasteiger partial charge in [-0.05, 0) is 25.7 Å². The minimum Gasteiger partial charge on any atom is -0.360 e. The summed E-state index contributed by atoms with van der Waals surface area (Å²) in [7, 11) is 0. The summed E-state index contributed by atoms with van der Waals surface area (Å²) in [5, 5.41) is 6.41. The van der Waals surface area contributed by atoms with E-state index >= 15 is 0 Å². The van der Waals surface area contributed by atoms with Gasteiger partial charge in [0, 0.05) is 25.2 Å². The number of aryl methyl sites for hydroxylation is 1. The summed E-state index contributed by atoms with van der Waals surface area (Å²) in [6.07, 6.45) is 3.81. The van der Waals surface area contributed by atoms with Crippen LogP contribution in [0.5, 0.6) is 0 Å². The zero-order valence-electron chi connectivity index (χ0n) is 12.7. The lowest BCUT2D eigenvalue weighted by Gasteiger charge is -2.31. The van der Waals surface area contributed by atoms with Gasteiger partial charge in [0.15, 0.2) is 5.82 Å². The molecule has 0 radical (unpaired) electrons. The fourth-order valence-electron chi connectivity index (χ4n) is 2.65. The molecule has 1 amide bonds. The van der Waals surface area contributed by atoms with Crippen LogP contribution in [0, 0.1) is 12.8 Å². The molecule has 1 fully saturated rings. The third kappa shape index (κ3) is 3.24. The first-order chi connectivity index (χ1) is 10.6. The highest BCUT2D eigenvalue weighted by Gasteiger charge is 2.19. The van der Waals surface area contributed by atoms with E-state index in [0.29, 0.717) is 23.2 Å². The van der Waals surface area contributed by atoms with Gasteiger partial charge in [0.05, 0.1) is 0 Å². The van der Waals surface area contributed by atoms with Crippen molar-refractivity contribution in [3.8, 4) is 0 Å². The third-order valence-electron chi connectivity index (χ3n) is 3.74. The lowest BCUT2D eigenvalue weighted by Crippen LogP contribution is -2.35. The zero-order chi connectivity index (χ0) is 15.5. The molecule has 1 aliphatic heterocycles. The molecule has 0 aromatic carbocycles. The predicted molar refractivity (Wildman–Crippen MR) is 81.8 cm³/mol. The Hall–Kier alpha value is -2.44. The van der Waals surface area contributed by atoms with E-state index in [-0.39, 0.29) is 5.91 Å². The molecule has 1 atom stereocenters. The van der Waals surface area contributed by atoms with E-state index in [1.165, 1.54) is 12.7 Å². The largest absolute Gasteiger partial charge is 0.360 e. The molecule has 116 valence electrons. The second-order valence-electron chi connectivity index (χ2n) is 5.73. The fourth-order valence-corrected chi connectivity index (χ4v) is 2.65. The van der Waals surface area contributed by atoms with Gasteiger partial charge in [-0.25, -0.2) is 9.97 Å². The van der Waals surface area contributed by atoms with Crippen molar-refractivity contribution in [2.24, 2.45) is 5.92 Å². The van der Waals surface area contributed by atoms with Crippen molar-refractivity contribution in [1.82, 2.24) is 15.1 Å². The van der Waals surface area contributed by atoms with E-state index < -0.39 is 0 Å². The van der Waals surface area contributed by atoms with Gasteiger partial charge in [0.1, 0.15) is 23.6 Å². The lowest BCUT2D eigenvalue weighted by atomic mass is 10.0. The van der Waals surface area contributed by atoms with Crippen LogP contribution in [0.25, 0.3) is 0 Å². The molecule has 1 saturated heterocycles. The summed E-state index contributed by atoms with van der Waals surface area (Å²) >= 11 is 0. The maximum atomic E-state index is 12.2. The van der Waals surface area contributed by atoms with Crippen LogP contribution in [0.1, 0.15) is 36.0 Å². The molecule has 0 saturated carbocycles. The topological polar surface area (TPSA) is 84.2 Å². The van der Waals surface area contributed by atoms with Crippen molar-refractivity contribution >= 4 is 17.5 Å². The van der Waals surface area contributed by atoms with Crippen LogP contribution < -0.4 is 10.2 Å². The average Bonchev–Trinajstić information content (AvgIpc) is 2.92. The Balaban J connectivity index is 1.74. The number of rotatable bonds is 3. The second kappa shape index (κ2) is 6.13. The Kier molecular flexibility index (Phi) is 4.04. The minimum absolute atomic E-state index is 0.318. The van der Waals surface area contributed by atoms with Crippen LogP contribution in [-0.2, 0) is 0 Å². The monoisotopic (exact) mass is 301 g/mol. The molecule has 0 spiro atoms. The summed E-state index contributed by atoms with van der Waals surface area (Å²) in [6, 6.07) is 3.38. The number of amides is 1. The number of carbonyl (C=O) groups is 1. The van der Waals surface area contributed by atoms with E-state index in [9.17, 15) is 4.79 Å². The smallest absolute Gasteiger partial charge is 0.275 e. The van der Waals surface area contributed by atoms with Crippen LogP contribution >= 0.6 is 0 Å². The SMILES string of the molecule is Cc1cc(NC(=O)c2cc(N3CCCC(C)C3)ncn2)no1. The Morgan fingerprint density at radius 2 is 2.27 bits per heavy atom. The molecular formula is C15H19N5O2. The molecule has 22 heavy (non-hydrogen) atoms. The van der Waals surface area contributed by atoms with E-state index in [2.05, 4.69) is 32.3 Å². The first-order valence-corrected chi connectivity index (χ1v) is 7.43. The summed E-state index contributed by atoms with van der Waals surface area (Å²) < 4.78 is 4.93. The molecular weight excluding hydrogens is 282 g/mol. The van der Waals surface area contributed by atoms with Gasteiger partial charge in [0.25, 0.3) is 5.91 Å². The first kappa shape index (κ1) is 14.5. The number of hydrogen-bond donors (Lipinski definition) is 1. The number of piperidine rings is 1. The van der Waals surface area contributed by atoms with Gasteiger partial charge < -0.3 is 14.7 Å². The number of nitrogens with one attached hydrogen (secondary N) is 1. The Morgan fingerprint density at radius 3 is 3.00 bits per heavy atom. The molecule has 1 N–H and O–H groups in total. The van der Waals surface area contributed by atoms with Crippen LogP contribution in [-0.4, -0.2) is 34.1 Å². The first-order valence-electron chi connectivity index (χ1n) is 7.43. The Bertz CT molecular complexity index is 669. The van der Waals surface area contributed by atoms with Gasteiger partial charge in [-0.2, -0.15) is 0 Å². The Labute approximate surface area is 128 Å². The quantitative estimate of drug-likeness (QED) is 0.936. The van der Waals surface area contributed by atoms with Crippen LogP contribution in [0.2, 0.25) is 0 Å². The molecule has 0 bridgehead atoms. The van der Waals surface area contributed by atoms with Crippen LogP contribution in [0.3, 0.4) is 0 Å². The highest BCUT2D eigenvalue weighted by atomic mass is 16.5. The van der Waals surface area contributed by atoms with Gasteiger partial charge in [0.2, 0.25) is 0 Å². The van der Waals surface area contributed by atoms with Crippen molar-refractivity contribution in [3.05, 3.63) is 29.9 Å². The molecule has 7 heteroatoms. The molecule has 3 heterocycles. The number of anilines is 2. The lowest BCUT2D eigenvalue weighted by molar-refractivity contribution is 0.102. The van der Waals surface area contributed by atoms with Crippen molar-refractivity contribution in [3.63, 3.8) is 0 Å². The highest BCUT2D eigenvalue weighted by molar-refractivity contribution is 6.02. The van der Waals surface area contributed by atoms with Gasteiger partial charge in [-0.1, -0.05) is 12.1 Å². The Morgan fingerprint density at radius 1 is 1.41 bits per heavy atom. The second-order valence-corrected chi connectivity index (χ2v) is 5.73. The summed E-state index contributed by atoms with van der Waals surface area (Å²) in [5.41, 5.74) is 0.323. The van der Waals surface area contributed by atoms with Crippen LogP contribution in [0.4, 0.5) is 11.6 Å². The summed E-state index contributed by atoms with van der Waals surface area (Å²) in [6.45, 7) is 5.92. The molecule has 0 aliphatic carbocycles. The van der Waals surface area contributed by atoms with Crippen molar-refractivity contribution in [2.45, 2.75) is 26.7 Å². The summed E-state index contributed by atoms with van der Waals surface area (Å²) in [4.78, 5) is 22.8. The normalized spacial score (nSPS) is 18.3. The molecule has 2 aromatic heterocycles. The number of hydrogen-bond acceptors (Lipinski definition) is 6. The van der Waals surface area contributed by atoms with E-state index in [0.717, 1.165) is 25.3 Å². The van der Waals surface area contributed by atoms with E-state index in [4.69, 9.17) is 4.52 Å². The number of carbonyl (C=O) groups excluding carboxylic acids is 1. The zero-order valence-corrected chi connectivity index (χ0v) is 12.7. The molecule has 1 aliphatic rings. The van der Waals surface area contributed by atoms with Crippen molar-refractivity contribution < 1.29 is 9.32 Å². The minimum atomic E-state index is -0.318. The molecule has 7 nitrogen and oxygen atoms in total. The number of nitrogens with zero attached hydrogens (tertiary/aromatic N) is 4. The number of aromatic nitrogens is 3. The fraction of sp³-hybridized carbons (Fsp3) is 0.467. The maximum absolute atomic E-state index is 12.2. The van der Waals surface area contributed by atoms with Gasteiger partial charge >= 0.3 is 0 Å². The van der Waals surface area contributed by atoms with Gasteiger partial charge in [-0.3, -0.25) is 4.79 Å². The van der Waals surface area contributed by atoms with E-state index in [1.807, 2.05) is 0 Å². The third-order valence-corrected chi connectivity index (χ3v) is 3.74. The van der Waals surface area contributed by atoms with Crippen molar-refractivity contribution in [1.29, 1.82) is 0 Å². The van der Waals surface area contributed by atoms with E-state index in [1.54, 1.807) is 19.1 Å². The van der Waals surface area contributed by atoms with Gasteiger partial charge in [-0.15, -0.1) is 0 Å². The maximum Gasteiger partial charge on any atom is 0.275 e. The van der Waals surface area contributed by atoms with Crippen LogP contribution in [0.15, 0.2) is 23.0 Å². The molecule has 2 aromatic rings. The highest BCUT2D eigenvalue weighted by Crippen LogP contribution is 2.21. The molecule has 3 rings (SSSR count). The van der Waals surface area contributed by atoms with Crippen molar-refractivity contribution in [2.75, 3.05) is 23.3 Å².